The third-order valence-corrected chi connectivity index (χ3v) is 5.46. The van der Waals surface area contributed by atoms with Gasteiger partial charge in [-0.25, -0.2) is 9.29 Å². The molecule has 1 heterocycles. The fraction of sp³-hybridized carbons (Fsp3) is 0.211. The fourth-order valence-electron chi connectivity index (χ4n) is 2.63. The molecule has 140 valence electrons. The molecule has 1 saturated heterocycles. The maximum Gasteiger partial charge on any atom is 0.247 e. The number of hydrogen-bond acceptors (Lipinski definition) is 4. The van der Waals surface area contributed by atoms with Crippen molar-refractivity contribution in [1.29, 1.82) is 0 Å². The Labute approximate surface area is 169 Å². The Morgan fingerprint density at radius 3 is 2.70 bits per heavy atom. The largest absolute Gasteiger partial charge is 0.335 e. The zero-order valence-corrected chi connectivity index (χ0v) is 16.9. The second-order valence-corrected chi connectivity index (χ2v) is 7.88. The van der Waals surface area contributed by atoms with Crippen molar-refractivity contribution in [3.8, 4) is 0 Å². The van der Waals surface area contributed by atoms with Crippen LogP contribution in [0.4, 0.5) is 15.8 Å². The van der Waals surface area contributed by atoms with Crippen molar-refractivity contribution in [2.75, 3.05) is 16.8 Å². The van der Waals surface area contributed by atoms with E-state index < -0.39 is 5.25 Å². The molecule has 1 N–H and O–H groups in total. The van der Waals surface area contributed by atoms with E-state index in [0.29, 0.717) is 23.1 Å². The number of amidine groups is 1. The molecule has 0 spiro atoms. The minimum absolute atomic E-state index is 0.0904. The Morgan fingerprint density at radius 1 is 1.30 bits per heavy atom. The average molecular weight is 450 g/mol. The molecule has 0 saturated carbocycles. The van der Waals surface area contributed by atoms with Crippen LogP contribution in [0.5, 0.6) is 0 Å². The van der Waals surface area contributed by atoms with Gasteiger partial charge in [-0.1, -0.05) is 33.8 Å². The molecule has 0 bridgehead atoms. The van der Waals surface area contributed by atoms with Crippen LogP contribution in [0.3, 0.4) is 0 Å². The van der Waals surface area contributed by atoms with Crippen LogP contribution in [-0.4, -0.2) is 28.8 Å². The van der Waals surface area contributed by atoms with Crippen LogP contribution in [0, 0.1) is 5.82 Å². The summed E-state index contributed by atoms with van der Waals surface area (Å²) in [6.45, 7) is 2.36. The van der Waals surface area contributed by atoms with Gasteiger partial charge >= 0.3 is 0 Å². The lowest BCUT2D eigenvalue weighted by molar-refractivity contribution is -0.121. The molecule has 2 aromatic carbocycles. The van der Waals surface area contributed by atoms with Gasteiger partial charge in [0, 0.05) is 23.1 Å². The van der Waals surface area contributed by atoms with Crippen molar-refractivity contribution >= 4 is 56.0 Å². The van der Waals surface area contributed by atoms with E-state index in [0.717, 1.165) is 4.47 Å². The molecule has 5 nitrogen and oxygen atoms in total. The molecule has 1 fully saturated rings. The van der Waals surface area contributed by atoms with Crippen LogP contribution in [-0.2, 0) is 9.59 Å². The van der Waals surface area contributed by atoms with E-state index in [-0.39, 0.29) is 24.1 Å². The molecule has 8 heteroatoms. The molecular formula is C19H17BrFN3O2S. The van der Waals surface area contributed by atoms with Crippen LogP contribution >= 0.6 is 27.7 Å². The van der Waals surface area contributed by atoms with Gasteiger partial charge in [-0.3, -0.25) is 14.6 Å². The fourth-order valence-corrected chi connectivity index (χ4v) is 3.98. The van der Waals surface area contributed by atoms with Crippen LogP contribution < -0.4 is 10.2 Å². The quantitative estimate of drug-likeness (QED) is 0.425. The van der Waals surface area contributed by atoms with Crippen molar-refractivity contribution < 1.29 is 14.0 Å². The second-order valence-electron chi connectivity index (χ2n) is 5.77. The number of halogens is 2. The molecule has 0 aliphatic carbocycles. The van der Waals surface area contributed by atoms with Crippen LogP contribution in [0.1, 0.15) is 13.3 Å². The van der Waals surface area contributed by atoms with E-state index in [2.05, 4.69) is 26.2 Å². The van der Waals surface area contributed by atoms with Crippen LogP contribution in [0.25, 0.3) is 0 Å². The van der Waals surface area contributed by atoms with Gasteiger partial charge in [-0.15, -0.1) is 0 Å². The number of nitrogens with zero attached hydrogens (tertiary/aromatic N) is 2. The van der Waals surface area contributed by atoms with Crippen molar-refractivity contribution in [1.82, 2.24) is 0 Å². The Morgan fingerprint density at radius 2 is 2.04 bits per heavy atom. The number of benzene rings is 2. The summed E-state index contributed by atoms with van der Waals surface area (Å²) in [5.41, 5.74) is 1.08. The summed E-state index contributed by atoms with van der Waals surface area (Å²) in [4.78, 5) is 30.7. The highest BCUT2D eigenvalue weighted by molar-refractivity contribution is 9.10. The molecule has 27 heavy (non-hydrogen) atoms. The number of aliphatic imine (C=N–C) groups is 1. The predicted octanol–water partition coefficient (Wildman–Crippen LogP) is 4.44. The third kappa shape index (κ3) is 4.75. The molecule has 1 aliphatic heterocycles. The van der Waals surface area contributed by atoms with Crippen molar-refractivity contribution in [2.24, 2.45) is 4.99 Å². The molecule has 1 unspecified atom stereocenters. The lowest BCUT2D eigenvalue weighted by Crippen LogP contribution is -2.31. The van der Waals surface area contributed by atoms with Gasteiger partial charge in [0.2, 0.25) is 11.8 Å². The smallest absolute Gasteiger partial charge is 0.247 e. The minimum atomic E-state index is -0.576. The van der Waals surface area contributed by atoms with Gasteiger partial charge < -0.3 is 5.32 Å². The molecule has 2 aromatic rings. The molecule has 2 amide bonds. The Hall–Kier alpha value is -2.19. The van der Waals surface area contributed by atoms with E-state index in [1.807, 2.05) is 6.92 Å². The highest BCUT2D eigenvalue weighted by Crippen LogP contribution is 2.31. The van der Waals surface area contributed by atoms with Gasteiger partial charge in [-0.2, -0.15) is 0 Å². The molecule has 3 rings (SSSR count). The first-order valence-electron chi connectivity index (χ1n) is 8.34. The summed E-state index contributed by atoms with van der Waals surface area (Å²) in [6.07, 6.45) is 0.0904. The number of imide groups is 1. The summed E-state index contributed by atoms with van der Waals surface area (Å²) in [5, 5.41) is 2.93. The number of carbonyl (C=O) groups excluding carboxylic acids is 2. The zero-order valence-electron chi connectivity index (χ0n) is 14.5. The lowest BCUT2D eigenvalue weighted by Gasteiger charge is -2.16. The highest BCUT2D eigenvalue weighted by Gasteiger charge is 2.40. The topological polar surface area (TPSA) is 61.8 Å². The van der Waals surface area contributed by atoms with Crippen LogP contribution in [0.15, 0.2) is 58.0 Å². The van der Waals surface area contributed by atoms with Crippen molar-refractivity contribution in [2.45, 2.75) is 18.6 Å². The summed E-state index contributed by atoms with van der Waals surface area (Å²) in [7, 11) is 0. The van der Waals surface area contributed by atoms with Gasteiger partial charge in [0.05, 0.1) is 5.69 Å². The lowest BCUT2D eigenvalue weighted by atomic mass is 10.3. The maximum absolute atomic E-state index is 13.4. The summed E-state index contributed by atoms with van der Waals surface area (Å²) >= 11 is 4.53. The van der Waals surface area contributed by atoms with Crippen molar-refractivity contribution in [3.05, 3.63) is 58.8 Å². The molecule has 0 radical (unpaired) electrons. The molecular weight excluding hydrogens is 433 g/mol. The number of anilines is 2. The van der Waals surface area contributed by atoms with Gasteiger partial charge in [-0.05, 0) is 49.4 Å². The van der Waals surface area contributed by atoms with E-state index in [1.54, 1.807) is 36.4 Å². The number of thioether (sulfide) groups is 1. The number of amides is 2. The number of hydrogen-bond donors (Lipinski definition) is 1. The molecule has 1 aliphatic rings. The first-order chi connectivity index (χ1) is 13.0. The first kappa shape index (κ1) is 19.6. The highest BCUT2D eigenvalue weighted by atomic mass is 79.9. The molecule has 1 atom stereocenters. The van der Waals surface area contributed by atoms with E-state index in [9.17, 15) is 14.0 Å². The van der Waals surface area contributed by atoms with E-state index in [1.165, 1.54) is 28.8 Å². The summed E-state index contributed by atoms with van der Waals surface area (Å²) in [5.74, 6) is -0.895. The second kappa shape index (κ2) is 8.67. The Bertz CT molecular complexity index is 889. The third-order valence-electron chi connectivity index (χ3n) is 3.82. The van der Waals surface area contributed by atoms with Crippen molar-refractivity contribution in [3.63, 3.8) is 0 Å². The first-order valence-corrected chi connectivity index (χ1v) is 10.0. The predicted molar refractivity (Wildman–Crippen MR) is 111 cm³/mol. The molecule has 0 aromatic heterocycles. The standard InChI is InChI=1S/C19H17BrFN3O2S/c1-2-22-19(23-14-5-3-4-13(21)10-14)27-16-11-17(25)24(18(16)26)15-8-6-12(20)7-9-15/h3-10,16H,2,11H2,1H3,(H,22,23). The minimum Gasteiger partial charge on any atom is -0.335 e. The normalized spacial score (nSPS) is 17.5. The summed E-state index contributed by atoms with van der Waals surface area (Å²) < 4.78 is 14.3. The zero-order chi connectivity index (χ0) is 19.4. The summed E-state index contributed by atoms with van der Waals surface area (Å²) in [6, 6.07) is 13.0. The van der Waals surface area contributed by atoms with E-state index in [4.69, 9.17) is 0 Å². The van der Waals surface area contributed by atoms with Gasteiger partial charge in [0.15, 0.2) is 5.17 Å². The monoisotopic (exact) mass is 449 g/mol. The number of nitrogens with one attached hydrogen (secondary N) is 1. The Kier molecular flexibility index (Phi) is 6.28. The number of carbonyl (C=O) groups is 2. The van der Waals surface area contributed by atoms with Crippen LogP contribution in [0.2, 0.25) is 0 Å². The Balaban J connectivity index is 1.75. The van der Waals surface area contributed by atoms with E-state index >= 15 is 0 Å². The SMILES string of the molecule is CCN=C(Nc1cccc(F)c1)SC1CC(=O)N(c2ccc(Br)cc2)C1=O. The van der Waals surface area contributed by atoms with Gasteiger partial charge in [0.25, 0.3) is 0 Å². The maximum atomic E-state index is 13.4. The average Bonchev–Trinajstić information content (AvgIpc) is 2.90. The number of rotatable bonds is 4. The van der Waals surface area contributed by atoms with Gasteiger partial charge in [0.1, 0.15) is 11.1 Å².